The second-order valence-corrected chi connectivity index (χ2v) is 6.10. The van der Waals surface area contributed by atoms with E-state index in [1.54, 1.807) is 35.3 Å². The second kappa shape index (κ2) is 8.23. The SMILES string of the molecule is C#CCCC1(CCC(=O)NCC(=O)Nc2ccc(-n3cncn3)cc2)N=N1. The summed E-state index contributed by atoms with van der Waals surface area (Å²) in [6.07, 6.45) is 10.2. The average molecular weight is 365 g/mol. The first-order valence-electron chi connectivity index (χ1n) is 8.49. The number of hydrogen-bond donors (Lipinski definition) is 2. The second-order valence-electron chi connectivity index (χ2n) is 6.10. The van der Waals surface area contributed by atoms with E-state index in [0.717, 1.165) is 5.69 Å². The van der Waals surface area contributed by atoms with Gasteiger partial charge in [-0.25, -0.2) is 9.67 Å². The van der Waals surface area contributed by atoms with Crippen molar-refractivity contribution in [2.75, 3.05) is 11.9 Å². The molecule has 0 fully saturated rings. The van der Waals surface area contributed by atoms with E-state index in [-0.39, 0.29) is 24.8 Å². The Balaban J connectivity index is 1.38. The van der Waals surface area contributed by atoms with Gasteiger partial charge in [0, 0.05) is 31.4 Å². The first-order valence-corrected chi connectivity index (χ1v) is 8.49. The van der Waals surface area contributed by atoms with Crippen LogP contribution in [0.15, 0.2) is 47.1 Å². The van der Waals surface area contributed by atoms with Gasteiger partial charge < -0.3 is 10.6 Å². The van der Waals surface area contributed by atoms with Crippen LogP contribution in [0.3, 0.4) is 0 Å². The van der Waals surface area contributed by atoms with Crippen LogP contribution in [0.1, 0.15) is 25.7 Å². The van der Waals surface area contributed by atoms with E-state index < -0.39 is 5.66 Å². The van der Waals surface area contributed by atoms with E-state index in [0.29, 0.717) is 24.9 Å². The van der Waals surface area contributed by atoms with Crippen molar-refractivity contribution in [1.82, 2.24) is 20.1 Å². The topological polar surface area (TPSA) is 114 Å². The van der Waals surface area contributed by atoms with Gasteiger partial charge >= 0.3 is 0 Å². The molecule has 0 atom stereocenters. The minimum Gasteiger partial charge on any atom is -0.347 e. The monoisotopic (exact) mass is 365 g/mol. The Kier molecular flexibility index (Phi) is 5.56. The number of hydrogen-bond acceptors (Lipinski definition) is 6. The van der Waals surface area contributed by atoms with Gasteiger partial charge in [-0.1, -0.05) is 0 Å². The van der Waals surface area contributed by atoms with Gasteiger partial charge in [-0.15, -0.1) is 12.3 Å². The number of rotatable bonds is 9. The highest BCUT2D eigenvalue weighted by Crippen LogP contribution is 2.37. The standard InChI is InChI=1S/C18H19N7O2/c1-2-3-9-18(23-24-18)10-8-16(26)20-11-17(27)22-14-4-6-15(7-5-14)25-13-19-12-21-25/h1,4-7,12-13H,3,8-11H2,(H,20,26)(H,22,27). The molecule has 1 aliphatic heterocycles. The van der Waals surface area contributed by atoms with Gasteiger partial charge in [0.25, 0.3) is 0 Å². The lowest BCUT2D eigenvalue weighted by Gasteiger charge is -2.10. The molecule has 1 aliphatic rings. The van der Waals surface area contributed by atoms with Gasteiger partial charge in [0.1, 0.15) is 12.7 Å². The largest absolute Gasteiger partial charge is 0.347 e. The van der Waals surface area contributed by atoms with Crippen LogP contribution in [0.5, 0.6) is 0 Å². The fourth-order valence-corrected chi connectivity index (χ4v) is 2.49. The smallest absolute Gasteiger partial charge is 0.243 e. The number of aromatic nitrogens is 3. The number of nitrogens with zero attached hydrogens (tertiary/aromatic N) is 5. The van der Waals surface area contributed by atoms with Crippen LogP contribution in [0, 0.1) is 12.3 Å². The van der Waals surface area contributed by atoms with Crippen LogP contribution in [0.25, 0.3) is 5.69 Å². The van der Waals surface area contributed by atoms with Crippen molar-refractivity contribution in [2.24, 2.45) is 10.2 Å². The van der Waals surface area contributed by atoms with Gasteiger partial charge in [-0.3, -0.25) is 9.59 Å². The van der Waals surface area contributed by atoms with Crippen molar-refractivity contribution in [1.29, 1.82) is 0 Å². The molecule has 0 spiro atoms. The van der Waals surface area contributed by atoms with Gasteiger partial charge in [-0.2, -0.15) is 15.3 Å². The molecule has 0 saturated heterocycles. The fraction of sp³-hybridized carbons (Fsp3) is 0.333. The van der Waals surface area contributed by atoms with Crippen LogP contribution in [-0.2, 0) is 9.59 Å². The molecule has 0 unspecified atom stereocenters. The lowest BCUT2D eigenvalue weighted by Crippen LogP contribution is -2.33. The molecule has 1 aromatic heterocycles. The zero-order chi connectivity index (χ0) is 19.1. The Hall–Kier alpha value is -3.54. The summed E-state index contributed by atoms with van der Waals surface area (Å²) in [6.45, 7) is -0.102. The Bertz CT molecular complexity index is 860. The normalized spacial score (nSPS) is 13.6. The third-order valence-electron chi connectivity index (χ3n) is 4.09. The van der Waals surface area contributed by atoms with E-state index in [4.69, 9.17) is 6.42 Å². The number of nitrogens with one attached hydrogen (secondary N) is 2. The summed E-state index contributed by atoms with van der Waals surface area (Å²) in [5.41, 5.74) is 0.966. The molecule has 0 bridgehead atoms. The molecule has 2 heterocycles. The quantitative estimate of drug-likeness (QED) is 0.658. The van der Waals surface area contributed by atoms with Crippen molar-refractivity contribution in [3.05, 3.63) is 36.9 Å². The van der Waals surface area contributed by atoms with E-state index in [1.165, 1.54) is 6.33 Å². The predicted molar refractivity (Wildman–Crippen MR) is 97.9 cm³/mol. The molecular formula is C18H19N7O2. The summed E-state index contributed by atoms with van der Waals surface area (Å²) in [4.78, 5) is 27.7. The lowest BCUT2D eigenvalue weighted by molar-refractivity contribution is -0.124. The molecule has 2 aromatic rings. The number of terminal acetylenes is 1. The van der Waals surface area contributed by atoms with Crippen molar-refractivity contribution < 1.29 is 9.59 Å². The Morgan fingerprint density at radius 1 is 1.15 bits per heavy atom. The molecule has 138 valence electrons. The molecular weight excluding hydrogens is 346 g/mol. The zero-order valence-corrected chi connectivity index (χ0v) is 14.6. The third-order valence-corrected chi connectivity index (χ3v) is 4.09. The number of carbonyl (C=O) groups excluding carboxylic acids is 2. The third kappa shape index (κ3) is 5.22. The van der Waals surface area contributed by atoms with Crippen molar-refractivity contribution in [3.63, 3.8) is 0 Å². The number of anilines is 1. The maximum atomic E-state index is 12.0. The predicted octanol–water partition coefficient (Wildman–Crippen LogP) is 1.68. The van der Waals surface area contributed by atoms with Crippen LogP contribution < -0.4 is 10.6 Å². The van der Waals surface area contributed by atoms with E-state index in [2.05, 4.69) is 36.9 Å². The summed E-state index contributed by atoms with van der Waals surface area (Å²) >= 11 is 0. The maximum absolute atomic E-state index is 12.0. The van der Waals surface area contributed by atoms with Gasteiger partial charge in [0.15, 0.2) is 5.66 Å². The molecule has 1 aromatic carbocycles. The van der Waals surface area contributed by atoms with Crippen LogP contribution in [0.2, 0.25) is 0 Å². The Morgan fingerprint density at radius 2 is 1.93 bits per heavy atom. The first kappa shape index (κ1) is 18.3. The molecule has 0 aliphatic carbocycles. The minimum absolute atomic E-state index is 0.102. The number of benzene rings is 1. The molecule has 3 rings (SSSR count). The summed E-state index contributed by atoms with van der Waals surface area (Å²) in [5.74, 6) is 2.02. The lowest BCUT2D eigenvalue weighted by atomic mass is 10.0. The number of carbonyl (C=O) groups is 2. The molecule has 9 nitrogen and oxygen atoms in total. The van der Waals surface area contributed by atoms with E-state index in [9.17, 15) is 9.59 Å². The molecule has 2 N–H and O–H groups in total. The van der Waals surface area contributed by atoms with E-state index >= 15 is 0 Å². The molecule has 9 heteroatoms. The average Bonchev–Trinajstić information content (AvgIpc) is 3.24. The van der Waals surface area contributed by atoms with Crippen LogP contribution in [0.4, 0.5) is 5.69 Å². The fourth-order valence-electron chi connectivity index (χ4n) is 2.49. The van der Waals surface area contributed by atoms with Crippen molar-refractivity contribution in [3.8, 4) is 18.0 Å². The zero-order valence-electron chi connectivity index (χ0n) is 14.6. The molecule has 0 radical (unpaired) electrons. The highest BCUT2D eigenvalue weighted by Gasteiger charge is 2.39. The highest BCUT2D eigenvalue weighted by atomic mass is 16.2. The summed E-state index contributed by atoms with van der Waals surface area (Å²) in [5, 5.41) is 17.3. The van der Waals surface area contributed by atoms with Crippen LogP contribution >= 0.6 is 0 Å². The van der Waals surface area contributed by atoms with Gasteiger partial charge in [0.2, 0.25) is 11.8 Å². The Labute approximate surface area is 156 Å². The van der Waals surface area contributed by atoms with Crippen molar-refractivity contribution in [2.45, 2.75) is 31.3 Å². The van der Waals surface area contributed by atoms with Gasteiger partial charge in [0.05, 0.1) is 12.2 Å². The van der Waals surface area contributed by atoms with Crippen LogP contribution in [-0.4, -0.2) is 38.8 Å². The highest BCUT2D eigenvalue weighted by molar-refractivity contribution is 5.94. The van der Waals surface area contributed by atoms with E-state index in [1.807, 2.05) is 0 Å². The summed E-state index contributed by atoms with van der Waals surface area (Å²) in [6, 6.07) is 7.12. The maximum Gasteiger partial charge on any atom is 0.243 e. The molecule has 2 amide bonds. The number of amides is 2. The Morgan fingerprint density at radius 3 is 2.56 bits per heavy atom. The molecule has 0 saturated carbocycles. The van der Waals surface area contributed by atoms with Gasteiger partial charge in [-0.05, 0) is 24.3 Å². The summed E-state index contributed by atoms with van der Waals surface area (Å²) in [7, 11) is 0. The summed E-state index contributed by atoms with van der Waals surface area (Å²) < 4.78 is 1.61. The molecule has 27 heavy (non-hydrogen) atoms. The minimum atomic E-state index is -0.488. The van der Waals surface area contributed by atoms with Crippen molar-refractivity contribution >= 4 is 17.5 Å². The first-order chi connectivity index (χ1) is 13.1.